The van der Waals surface area contributed by atoms with E-state index in [1.807, 2.05) is 86.6 Å². The first-order valence-electron chi connectivity index (χ1n) is 9.61. The lowest BCUT2D eigenvalue weighted by molar-refractivity contribution is 0.414. The number of aromatic nitrogens is 3. The lowest BCUT2D eigenvalue weighted by Gasteiger charge is -2.04. The second-order valence-electron chi connectivity index (χ2n) is 6.90. The van der Waals surface area contributed by atoms with E-state index in [0.29, 0.717) is 28.5 Å². The SMILES string of the molecule is COc1ccc(-n2[nH]c(-c3ccccc3)c(/C(C)=N\c3cccc(C)n3)c2=O)cc1. The number of aliphatic imine (C=N–C) groups is 1. The molecule has 0 fully saturated rings. The minimum atomic E-state index is -0.173. The molecule has 4 rings (SSSR count). The van der Waals surface area contributed by atoms with Crippen LogP contribution in [-0.2, 0) is 0 Å². The van der Waals surface area contributed by atoms with Crippen molar-refractivity contribution in [3.63, 3.8) is 0 Å². The van der Waals surface area contributed by atoms with Crippen molar-refractivity contribution in [3.8, 4) is 22.7 Å². The second kappa shape index (κ2) is 8.21. The van der Waals surface area contributed by atoms with E-state index in [2.05, 4.69) is 15.1 Å². The molecular weight excluding hydrogens is 376 g/mol. The number of methoxy groups -OCH3 is 1. The molecule has 2 aromatic carbocycles. The van der Waals surface area contributed by atoms with E-state index >= 15 is 0 Å². The van der Waals surface area contributed by atoms with Crippen molar-refractivity contribution in [2.75, 3.05) is 7.11 Å². The molecule has 6 heteroatoms. The van der Waals surface area contributed by atoms with Crippen LogP contribution in [0.1, 0.15) is 18.2 Å². The molecule has 4 aromatic rings. The summed E-state index contributed by atoms with van der Waals surface area (Å²) in [4.78, 5) is 22.5. The van der Waals surface area contributed by atoms with Gasteiger partial charge in [0.15, 0.2) is 5.82 Å². The Labute approximate surface area is 174 Å². The van der Waals surface area contributed by atoms with Crippen molar-refractivity contribution in [2.24, 2.45) is 4.99 Å². The fourth-order valence-corrected chi connectivity index (χ4v) is 3.32. The molecule has 0 saturated carbocycles. The number of hydrogen-bond acceptors (Lipinski definition) is 4. The van der Waals surface area contributed by atoms with Crippen LogP contribution in [0.3, 0.4) is 0 Å². The van der Waals surface area contributed by atoms with Gasteiger partial charge in [0, 0.05) is 11.3 Å². The van der Waals surface area contributed by atoms with Crippen molar-refractivity contribution in [1.29, 1.82) is 0 Å². The predicted octanol–water partition coefficient (Wildman–Crippen LogP) is 4.69. The summed E-state index contributed by atoms with van der Waals surface area (Å²) in [6, 6.07) is 22.7. The molecule has 150 valence electrons. The van der Waals surface area contributed by atoms with Crippen LogP contribution in [0.5, 0.6) is 5.75 Å². The van der Waals surface area contributed by atoms with Crippen LogP contribution < -0.4 is 10.3 Å². The molecule has 0 saturated heterocycles. The number of hydrogen-bond donors (Lipinski definition) is 1. The Kier molecular flexibility index (Phi) is 5.30. The topological polar surface area (TPSA) is 72.3 Å². The minimum Gasteiger partial charge on any atom is -0.497 e. The van der Waals surface area contributed by atoms with E-state index in [0.717, 1.165) is 17.0 Å². The molecular formula is C24H22N4O2. The smallest absolute Gasteiger partial charge is 0.280 e. The number of benzene rings is 2. The Bertz CT molecular complexity index is 1250. The first kappa shape index (κ1) is 19.4. The van der Waals surface area contributed by atoms with Crippen molar-refractivity contribution in [3.05, 3.63) is 94.4 Å². The van der Waals surface area contributed by atoms with E-state index in [4.69, 9.17) is 4.74 Å². The first-order chi connectivity index (χ1) is 14.6. The van der Waals surface area contributed by atoms with Crippen molar-refractivity contribution in [1.82, 2.24) is 14.8 Å². The summed E-state index contributed by atoms with van der Waals surface area (Å²) in [7, 11) is 1.61. The van der Waals surface area contributed by atoms with E-state index in [-0.39, 0.29) is 5.56 Å². The monoisotopic (exact) mass is 398 g/mol. The summed E-state index contributed by atoms with van der Waals surface area (Å²) in [5.74, 6) is 1.30. The van der Waals surface area contributed by atoms with Crippen LogP contribution >= 0.6 is 0 Å². The van der Waals surface area contributed by atoms with Gasteiger partial charge in [-0.15, -0.1) is 0 Å². The molecule has 0 aliphatic heterocycles. The molecule has 0 atom stereocenters. The van der Waals surface area contributed by atoms with Crippen LogP contribution in [0, 0.1) is 6.92 Å². The molecule has 30 heavy (non-hydrogen) atoms. The Balaban J connectivity index is 1.89. The highest BCUT2D eigenvalue weighted by Crippen LogP contribution is 2.23. The molecule has 2 aromatic heterocycles. The van der Waals surface area contributed by atoms with Crippen LogP contribution in [0.15, 0.2) is 82.6 Å². The highest BCUT2D eigenvalue weighted by atomic mass is 16.5. The summed E-state index contributed by atoms with van der Waals surface area (Å²) >= 11 is 0. The van der Waals surface area contributed by atoms with E-state index in [1.54, 1.807) is 7.11 Å². The third-order valence-electron chi connectivity index (χ3n) is 4.80. The highest BCUT2D eigenvalue weighted by molar-refractivity contribution is 6.04. The maximum atomic E-state index is 13.4. The maximum Gasteiger partial charge on any atom is 0.280 e. The van der Waals surface area contributed by atoms with Gasteiger partial charge in [0.05, 0.1) is 29.8 Å². The van der Waals surface area contributed by atoms with Gasteiger partial charge in [-0.05, 0) is 50.2 Å². The molecule has 0 spiro atoms. The van der Waals surface area contributed by atoms with Gasteiger partial charge in [-0.1, -0.05) is 36.4 Å². The number of H-pyrrole nitrogens is 1. The molecule has 0 aliphatic rings. The molecule has 2 heterocycles. The average molecular weight is 398 g/mol. The molecule has 0 unspecified atom stereocenters. The standard InChI is InChI=1S/C24H22N4O2/c1-16-8-7-11-21(25-16)26-17(2)22-23(18-9-5-4-6-10-18)27-28(24(22)29)19-12-14-20(30-3)15-13-19/h4-15,27H,1-3H3/b26-17-. The van der Waals surface area contributed by atoms with Gasteiger partial charge in [-0.2, -0.15) is 0 Å². The molecule has 0 radical (unpaired) electrons. The number of rotatable bonds is 5. The van der Waals surface area contributed by atoms with Gasteiger partial charge >= 0.3 is 0 Å². The zero-order chi connectivity index (χ0) is 21.1. The van der Waals surface area contributed by atoms with Crippen LogP contribution in [-0.4, -0.2) is 27.6 Å². The van der Waals surface area contributed by atoms with Crippen molar-refractivity contribution < 1.29 is 4.74 Å². The van der Waals surface area contributed by atoms with Gasteiger partial charge in [0.1, 0.15) is 5.75 Å². The lowest BCUT2D eigenvalue weighted by Crippen LogP contribution is -2.19. The van der Waals surface area contributed by atoms with Gasteiger partial charge in [0.2, 0.25) is 0 Å². The third kappa shape index (κ3) is 3.80. The molecule has 1 N–H and O–H groups in total. The summed E-state index contributed by atoms with van der Waals surface area (Å²) in [6.07, 6.45) is 0. The number of aromatic amines is 1. The molecule has 0 aliphatic carbocycles. The Hall–Kier alpha value is -3.93. The van der Waals surface area contributed by atoms with Gasteiger partial charge in [-0.3, -0.25) is 9.89 Å². The Morgan fingerprint density at radius 3 is 2.40 bits per heavy atom. The summed E-state index contributed by atoms with van der Waals surface area (Å²) in [5.41, 5.74) is 4.14. The predicted molar refractivity (Wildman–Crippen MR) is 119 cm³/mol. The summed E-state index contributed by atoms with van der Waals surface area (Å²) < 4.78 is 6.75. The van der Waals surface area contributed by atoms with Crippen molar-refractivity contribution >= 4 is 11.5 Å². The largest absolute Gasteiger partial charge is 0.497 e. The Morgan fingerprint density at radius 2 is 1.73 bits per heavy atom. The van der Waals surface area contributed by atoms with Gasteiger partial charge in [-0.25, -0.2) is 14.7 Å². The van der Waals surface area contributed by atoms with E-state index in [9.17, 15) is 4.79 Å². The quantitative estimate of drug-likeness (QED) is 0.496. The second-order valence-corrected chi connectivity index (χ2v) is 6.90. The fraction of sp³-hybridized carbons (Fsp3) is 0.125. The van der Waals surface area contributed by atoms with Crippen LogP contribution in [0.2, 0.25) is 0 Å². The molecule has 6 nitrogen and oxygen atoms in total. The molecule has 0 amide bonds. The zero-order valence-corrected chi connectivity index (χ0v) is 17.1. The number of pyridine rings is 1. The van der Waals surface area contributed by atoms with Gasteiger partial charge in [0.25, 0.3) is 5.56 Å². The zero-order valence-electron chi connectivity index (χ0n) is 17.1. The first-order valence-corrected chi connectivity index (χ1v) is 9.61. The average Bonchev–Trinajstić information content (AvgIpc) is 3.11. The summed E-state index contributed by atoms with van der Waals surface area (Å²) in [5, 5.41) is 3.26. The number of ether oxygens (including phenoxy) is 1. The van der Waals surface area contributed by atoms with Crippen LogP contribution in [0.25, 0.3) is 16.9 Å². The minimum absolute atomic E-state index is 0.173. The maximum absolute atomic E-state index is 13.4. The fourth-order valence-electron chi connectivity index (χ4n) is 3.32. The summed E-state index contributed by atoms with van der Waals surface area (Å²) in [6.45, 7) is 3.75. The normalized spacial score (nSPS) is 11.5. The van der Waals surface area contributed by atoms with Gasteiger partial charge < -0.3 is 4.74 Å². The van der Waals surface area contributed by atoms with Crippen molar-refractivity contribution in [2.45, 2.75) is 13.8 Å². The van der Waals surface area contributed by atoms with E-state index < -0.39 is 0 Å². The third-order valence-corrected chi connectivity index (χ3v) is 4.80. The van der Waals surface area contributed by atoms with E-state index in [1.165, 1.54) is 4.68 Å². The number of aryl methyl sites for hydroxylation is 1. The number of nitrogens with one attached hydrogen (secondary N) is 1. The van der Waals surface area contributed by atoms with Crippen LogP contribution in [0.4, 0.5) is 5.82 Å². The molecule has 0 bridgehead atoms. The Morgan fingerprint density at radius 1 is 1.00 bits per heavy atom. The number of nitrogens with zero attached hydrogens (tertiary/aromatic N) is 3. The highest BCUT2D eigenvalue weighted by Gasteiger charge is 2.19. The lowest BCUT2D eigenvalue weighted by atomic mass is 10.1.